The maximum atomic E-state index is 3.57. The minimum atomic E-state index is 0.519. The van der Waals surface area contributed by atoms with Crippen LogP contribution in [0.1, 0.15) is 33.1 Å². The van der Waals surface area contributed by atoms with Gasteiger partial charge in [-0.2, -0.15) is 0 Å². The third kappa shape index (κ3) is 7.86. The van der Waals surface area contributed by atoms with E-state index in [4.69, 9.17) is 0 Å². The van der Waals surface area contributed by atoms with Crippen molar-refractivity contribution in [2.45, 2.75) is 37.9 Å². The molecule has 0 spiro atoms. The molecule has 0 aromatic carbocycles. The largest absolute Gasteiger partial charge is 0.0888 e. The van der Waals surface area contributed by atoms with Crippen LogP contribution in [0.15, 0.2) is 24.3 Å². The van der Waals surface area contributed by atoms with Crippen LogP contribution >= 0.6 is 15.9 Å². The van der Waals surface area contributed by atoms with Gasteiger partial charge in [-0.15, -0.1) is 0 Å². The molecule has 0 aromatic heterocycles. The average molecular weight is 217 g/mol. The summed E-state index contributed by atoms with van der Waals surface area (Å²) >= 11 is 3.57. The first-order valence-electron chi connectivity index (χ1n) is 4.27. The lowest BCUT2D eigenvalue weighted by Crippen LogP contribution is -1.88. The third-order valence-corrected chi connectivity index (χ3v) is 2.02. The lowest BCUT2D eigenvalue weighted by atomic mass is 10.2. The highest BCUT2D eigenvalue weighted by Crippen LogP contribution is 2.08. The van der Waals surface area contributed by atoms with Gasteiger partial charge in [-0.1, -0.05) is 54.1 Å². The zero-order valence-electron chi connectivity index (χ0n) is 7.39. The molecule has 1 unspecified atom stereocenters. The zero-order chi connectivity index (χ0) is 8.53. The second kappa shape index (κ2) is 8.06. The SMILES string of the molecule is CC/C=C\C(Br)C/C=C/CC. The van der Waals surface area contributed by atoms with Crippen molar-refractivity contribution in [3.63, 3.8) is 0 Å². The average Bonchev–Trinajstić information content (AvgIpc) is 2.01. The molecule has 0 aliphatic rings. The number of alkyl halides is 1. The fourth-order valence-corrected chi connectivity index (χ4v) is 1.19. The Kier molecular flexibility index (Phi) is 8.03. The van der Waals surface area contributed by atoms with Crippen LogP contribution in [0.3, 0.4) is 0 Å². The number of hydrogen-bond donors (Lipinski definition) is 0. The van der Waals surface area contributed by atoms with E-state index in [1.165, 1.54) is 0 Å². The number of hydrogen-bond acceptors (Lipinski definition) is 0. The van der Waals surface area contributed by atoms with Gasteiger partial charge in [-0.3, -0.25) is 0 Å². The summed E-state index contributed by atoms with van der Waals surface area (Å²) in [6, 6.07) is 0. The summed E-state index contributed by atoms with van der Waals surface area (Å²) in [5.74, 6) is 0. The van der Waals surface area contributed by atoms with Crippen molar-refractivity contribution in [1.29, 1.82) is 0 Å². The van der Waals surface area contributed by atoms with Crippen molar-refractivity contribution in [3.05, 3.63) is 24.3 Å². The molecule has 0 saturated heterocycles. The van der Waals surface area contributed by atoms with Gasteiger partial charge in [0.15, 0.2) is 0 Å². The van der Waals surface area contributed by atoms with E-state index < -0.39 is 0 Å². The Labute approximate surface area is 78.5 Å². The van der Waals surface area contributed by atoms with Gasteiger partial charge in [-0.05, 0) is 19.3 Å². The van der Waals surface area contributed by atoms with Crippen LogP contribution in [-0.4, -0.2) is 4.83 Å². The molecule has 0 rings (SSSR count). The van der Waals surface area contributed by atoms with Crippen molar-refractivity contribution in [2.24, 2.45) is 0 Å². The van der Waals surface area contributed by atoms with Gasteiger partial charge in [-0.25, -0.2) is 0 Å². The van der Waals surface area contributed by atoms with Gasteiger partial charge in [0, 0.05) is 4.83 Å². The lowest BCUT2D eigenvalue weighted by molar-refractivity contribution is 1.06. The minimum Gasteiger partial charge on any atom is -0.0888 e. The van der Waals surface area contributed by atoms with E-state index in [0.29, 0.717) is 4.83 Å². The van der Waals surface area contributed by atoms with Gasteiger partial charge < -0.3 is 0 Å². The normalized spacial score (nSPS) is 14.8. The molecule has 11 heavy (non-hydrogen) atoms. The zero-order valence-corrected chi connectivity index (χ0v) is 8.97. The predicted octanol–water partition coefficient (Wildman–Crippen LogP) is 4.07. The Hall–Kier alpha value is -0.0400. The Bertz CT molecular complexity index is 125. The maximum absolute atomic E-state index is 3.57. The molecule has 64 valence electrons. The molecule has 0 amide bonds. The van der Waals surface area contributed by atoms with Crippen LogP contribution in [0, 0.1) is 0 Å². The van der Waals surface area contributed by atoms with Gasteiger partial charge in [0.05, 0.1) is 0 Å². The molecule has 1 atom stereocenters. The molecule has 0 saturated carbocycles. The monoisotopic (exact) mass is 216 g/mol. The Morgan fingerprint density at radius 1 is 1.09 bits per heavy atom. The summed E-state index contributed by atoms with van der Waals surface area (Å²) in [5.41, 5.74) is 0. The van der Waals surface area contributed by atoms with Crippen molar-refractivity contribution < 1.29 is 0 Å². The van der Waals surface area contributed by atoms with Crippen LogP contribution in [-0.2, 0) is 0 Å². The Morgan fingerprint density at radius 3 is 2.27 bits per heavy atom. The first kappa shape index (κ1) is 11.0. The van der Waals surface area contributed by atoms with E-state index >= 15 is 0 Å². The highest BCUT2D eigenvalue weighted by atomic mass is 79.9. The maximum Gasteiger partial charge on any atom is 0.0359 e. The van der Waals surface area contributed by atoms with Crippen molar-refractivity contribution in [3.8, 4) is 0 Å². The van der Waals surface area contributed by atoms with Gasteiger partial charge >= 0.3 is 0 Å². The topological polar surface area (TPSA) is 0 Å². The molecule has 0 aliphatic heterocycles. The molecule has 0 N–H and O–H groups in total. The summed E-state index contributed by atoms with van der Waals surface area (Å²) in [7, 11) is 0. The second-order valence-electron chi connectivity index (χ2n) is 2.47. The first-order chi connectivity index (χ1) is 5.31. The van der Waals surface area contributed by atoms with Gasteiger partial charge in [0.25, 0.3) is 0 Å². The molecule has 0 aliphatic carbocycles. The molecular formula is C10H17Br. The standard InChI is InChI=1S/C10H17Br/c1-3-5-7-9-10(11)8-6-4-2/h5-8,10H,3-4,9H2,1-2H3/b7-5+,8-6-. The van der Waals surface area contributed by atoms with Gasteiger partial charge in [0.2, 0.25) is 0 Å². The molecule has 0 fully saturated rings. The smallest absolute Gasteiger partial charge is 0.0359 e. The lowest BCUT2D eigenvalue weighted by Gasteiger charge is -1.97. The van der Waals surface area contributed by atoms with Crippen LogP contribution < -0.4 is 0 Å². The van der Waals surface area contributed by atoms with E-state index in [-0.39, 0.29) is 0 Å². The Balaban J connectivity index is 3.43. The van der Waals surface area contributed by atoms with Crippen LogP contribution in [0.25, 0.3) is 0 Å². The molecule has 0 nitrogen and oxygen atoms in total. The van der Waals surface area contributed by atoms with E-state index in [0.717, 1.165) is 19.3 Å². The number of rotatable bonds is 5. The molecule has 1 heteroatoms. The fourth-order valence-electron chi connectivity index (χ4n) is 0.755. The summed E-state index contributed by atoms with van der Waals surface area (Å²) in [6.45, 7) is 4.31. The van der Waals surface area contributed by atoms with Gasteiger partial charge in [0.1, 0.15) is 0 Å². The molecule has 0 radical (unpaired) electrons. The second-order valence-corrected chi connectivity index (χ2v) is 3.64. The molecule has 0 aromatic rings. The van der Waals surface area contributed by atoms with E-state index in [1.54, 1.807) is 0 Å². The highest BCUT2D eigenvalue weighted by molar-refractivity contribution is 9.09. The summed E-state index contributed by atoms with van der Waals surface area (Å²) in [5, 5.41) is 0. The summed E-state index contributed by atoms with van der Waals surface area (Å²) in [4.78, 5) is 0.519. The van der Waals surface area contributed by atoms with Crippen LogP contribution in [0.5, 0.6) is 0 Å². The highest BCUT2D eigenvalue weighted by Gasteiger charge is 1.92. The van der Waals surface area contributed by atoms with Crippen LogP contribution in [0.4, 0.5) is 0 Å². The quantitative estimate of drug-likeness (QED) is 0.481. The summed E-state index contributed by atoms with van der Waals surface area (Å²) < 4.78 is 0. The van der Waals surface area contributed by atoms with Crippen molar-refractivity contribution in [1.82, 2.24) is 0 Å². The van der Waals surface area contributed by atoms with Crippen LogP contribution in [0.2, 0.25) is 0 Å². The van der Waals surface area contributed by atoms with E-state index in [2.05, 4.69) is 54.1 Å². The Morgan fingerprint density at radius 2 is 1.73 bits per heavy atom. The van der Waals surface area contributed by atoms with Crippen molar-refractivity contribution in [2.75, 3.05) is 0 Å². The van der Waals surface area contributed by atoms with E-state index in [9.17, 15) is 0 Å². The number of allylic oxidation sites excluding steroid dienone is 4. The molecule has 0 heterocycles. The van der Waals surface area contributed by atoms with Crippen molar-refractivity contribution >= 4 is 15.9 Å². The first-order valence-corrected chi connectivity index (χ1v) is 5.18. The molecule has 0 bridgehead atoms. The summed E-state index contributed by atoms with van der Waals surface area (Å²) in [6.07, 6.45) is 12.2. The van der Waals surface area contributed by atoms with E-state index in [1.807, 2.05) is 0 Å². The number of halogens is 1. The predicted molar refractivity (Wildman–Crippen MR) is 56.2 cm³/mol. The fraction of sp³-hybridized carbons (Fsp3) is 0.600. The molecular weight excluding hydrogens is 200 g/mol. The minimum absolute atomic E-state index is 0.519. The third-order valence-electron chi connectivity index (χ3n) is 1.34.